The van der Waals surface area contributed by atoms with E-state index in [1.54, 1.807) is 35.2 Å². The van der Waals surface area contributed by atoms with Gasteiger partial charge in [0.25, 0.3) is 5.56 Å². The second-order valence-corrected chi connectivity index (χ2v) is 6.66. The molecule has 128 valence electrons. The Morgan fingerprint density at radius 1 is 1.12 bits per heavy atom. The Morgan fingerprint density at radius 3 is 2.56 bits per heavy atom. The molecule has 0 fully saturated rings. The molecule has 0 aliphatic rings. The molecule has 1 aromatic carbocycles. The van der Waals surface area contributed by atoms with Crippen LogP contribution >= 0.6 is 27.5 Å². The number of hydrogen-bond acceptors (Lipinski definition) is 3. The van der Waals surface area contributed by atoms with Crippen molar-refractivity contribution in [2.24, 2.45) is 0 Å². The van der Waals surface area contributed by atoms with E-state index >= 15 is 0 Å². The zero-order valence-corrected chi connectivity index (χ0v) is 15.7. The molecule has 0 aliphatic heterocycles. The van der Waals surface area contributed by atoms with Gasteiger partial charge in [-0.3, -0.25) is 14.3 Å². The SMILES string of the molecule is O=c1cc(OCc2ccc(Cl)cn2)ccn1-c1ccc(CCBr)cc1. The first-order valence-corrected chi connectivity index (χ1v) is 9.27. The van der Waals surface area contributed by atoms with Crippen molar-refractivity contribution in [2.45, 2.75) is 13.0 Å². The highest BCUT2D eigenvalue weighted by Crippen LogP contribution is 2.14. The van der Waals surface area contributed by atoms with Crippen molar-refractivity contribution in [3.63, 3.8) is 0 Å². The normalized spacial score (nSPS) is 10.6. The Bertz CT molecular complexity index is 893. The molecule has 0 saturated heterocycles. The maximum absolute atomic E-state index is 12.3. The number of ether oxygens (including phenoxy) is 1. The van der Waals surface area contributed by atoms with Crippen LogP contribution in [0.5, 0.6) is 5.75 Å². The molecule has 0 spiro atoms. The Balaban J connectivity index is 1.72. The topological polar surface area (TPSA) is 44.1 Å². The molecule has 4 nitrogen and oxygen atoms in total. The molecule has 0 aliphatic carbocycles. The van der Waals surface area contributed by atoms with Crippen LogP contribution in [0.2, 0.25) is 5.02 Å². The van der Waals surface area contributed by atoms with Gasteiger partial charge in [-0.25, -0.2) is 0 Å². The van der Waals surface area contributed by atoms with Gasteiger partial charge in [-0.1, -0.05) is 39.7 Å². The van der Waals surface area contributed by atoms with Gasteiger partial charge in [0.1, 0.15) is 12.4 Å². The summed E-state index contributed by atoms with van der Waals surface area (Å²) in [4.78, 5) is 16.5. The zero-order chi connectivity index (χ0) is 17.6. The number of nitrogens with zero attached hydrogens (tertiary/aromatic N) is 2. The summed E-state index contributed by atoms with van der Waals surface area (Å²) in [6, 6.07) is 14.7. The number of rotatable bonds is 6. The van der Waals surface area contributed by atoms with Crippen molar-refractivity contribution in [2.75, 3.05) is 5.33 Å². The first-order valence-electron chi connectivity index (χ1n) is 7.77. The Labute approximate surface area is 159 Å². The van der Waals surface area contributed by atoms with E-state index in [4.69, 9.17) is 16.3 Å². The molecule has 25 heavy (non-hydrogen) atoms. The molecule has 0 amide bonds. The van der Waals surface area contributed by atoms with Crippen molar-refractivity contribution >= 4 is 27.5 Å². The molecule has 3 aromatic rings. The van der Waals surface area contributed by atoms with Crippen LogP contribution in [-0.2, 0) is 13.0 Å². The minimum atomic E-state index is -0.144. The molecular weight excluding hydrogens is 404 g/mol. The molecule has 2 aromatic heterocycles. The fraction of sp³-hybridized carbons (Fsp3) is 0.158. The number of halogens is 2. The highest BCUT2D eigenvalue weighted by molar-refractivity contribution is 9.09. The molecule has 3 rings (SSSR count). The number of hydrogen-bond donors (Lipinski definition) is 0. The van der Waals surface area contributed by atoms with Crippen LogP contribution in [0.1, 0.15) is 11.3 Å². The van der Waals surface area contributed by atoms with Crippen molar-refractivity contribution in [1.82, 2.24) is 9.55 Å². The molecule has 0 N–H and O–H groups in total. The molecule has 2 heterocycles. The highest BCUT2D eigenvalue weighted by Gasteiger charge is 2.04. The lowest BCUT2D eigenvalue weighted by molar-refractivity contribution is 0.300. The summed E-state index contributed by atoms with van der Waals surface area (Å²) in [7, 11) is 0. The van der Waals surface area contributed by atoms with E-state index < -0.39 is 0 Å². The van der Waals surface area contributed by atoms with Crippen LogP contribution in [0.4, 0.5) is 0 Å². The minimum Gasteiger partial charge on any atom is -0.487 e. The summed E-state index contributed by atoms with van der Waals surface area (Å²) in [5.74, 6) is 0.508. The van der Waals surface area contributed by atoms with E-state index in [1.165, 1.54) is 11.6 Å². The van der Waals surface area contributed by atoms with Gasteiger partial charge in [-0.05, 0) is 42.3 Å². The Hall–Kier alpha value is -2.11. The third-order valence-corrected chi connectivity index (χ3v) is 4.28. The largest absolute Gasteiger partial charge is 0.487 e. The molecule has 0 unspecified atom stereocenters. The molecule has 0 radical (unpaired) electrons. The predicted octanol–water partition coefficient (Wildman–Crippen LogP) is 4.40. The van der Waals surface area contributed by atoms with Crippen molar-refractivity contribution in [3.05, 3.63) is 87.6 Å². The molecule has 0 saturated carbocycles. The third-order valence-electron chi connectivity index (χ3n) is 3.66. The van der Waals surface area contributed by atoms with E-state index in [0.29, 0.717) is 10.8 Å². The first kappa shape index (κ1) is 17.7. The van der Waals surface area contributed by atoms with E-state index in [1.807, 2.05) is 24.3 Å². The number of alkyl halides is 1. The maximum atomic E-state index is 12.3. The predicted molar refractivity (Wildman–Crippen MR) is 103 cm³/mol. The second kappa shape index (κ2) is 8.32. The molecule has 0 atom stereocenters. The summed E-state index contributed by atoms with van der Waals surface area (Å²) in [5.41, 5.74) is 2.66. The summed E-state index contributed by atoms with van der Waals surface area (Å²) in [5, 5.41) is 1.49. The maximum Gasteiger partial charge on any atom is 0.258 e. The van der Waals surface area contributed by atoms with Crippen molar-refractivity contribution < 1.29 is 4.74 Å². The van der Waals surface area contributed by atoms with Crippen LogP contribution in [0.3, 0.4) is 0 Å². The average Bonchev–Trinajstić information content (AvgIpc) is 2.62. The Kier molecular flexibility index (Phi) is 5.89. The lowest BCUT2D eigenvalue weighted by atomic mass is 10.1. The van der Waals surface area contributed by atoms with Crippen LogP contribution in [0, 0.1) is 0 Å². The third kappa shape index (κ3) is 4.71. The Morgan fingerprint density at radius 2 is 1.92 bits per heavy atom. The lowest BCUT2D eigenvalue weighted by Crippen LogP contribution is -2.16. The van der Waals surface area contributed by atoms with Gasteiger partial charge in [0.2, 0.25) is 0 Å². The van der Waals surface area contributed by atoms with Crippen molar-refractivity contribution in [3.8, 4) is 11.4 Å². The van der Waals surface area contributed by atoms with E-state index in [2.05, 4.69) is 20.9 Å². The fourth-order valence-corrected chi connectivity index (χ4v) is 2.91. The monoisotopic (exact) mass is 418 g/mol. The standard InChI is InChI=1S/C19H16BrClN2O2/c20-9-7-14-1-5-17(6-2-14)23-10-8-18(11-19(23)24)25-13-16-4-3-15(21)12-22-16/h1-6,8,10-12H,7,9,13H2. The smallest absolute Gasteiger partial charge is 0.258 e. The van der Waals surface area contributed by atoms with Crippen molar-refractivity contribution in [1.29, 1.82) is 0 Å². The number of pyridine rings is 2. The molecular formula is C19H16BrClN2O2. The van der Waals surface area contributed by atoms with Gasteiger partial charge >= 0.3 is 0 Å². The van der Waals surface area contributed by atoms with E-state index in [-0.39, 0.29) is 12.2 Å². The van der Waals surface area contributed by atoms with Gasteiger partial charge in [-0.2, -0.15) is 0 Å². The first-order chi connectivity index (χ1) is 12.2. The van der Waals surface area contributed by atoms with Gasteiger partial charge in [0.15, 0.2) is 0 Å². The summed E-state index contributed by atoms with van der Waals surface area (Å²) in [6.07, 6.45) is 4.24. The second-order valence-electron chi connectivity index (χ2n) is 5.43. The number of benzene rings is 1. The van der Waals surface area contributed by atoms with Gasteiger partial charge in [-0.15, -0.1) is 0 Å². The zero-order valence-electron chi connectivity index (χ0n) is 13.4. The van der Waals surface area contributed by atoms with E-state index in [0.717, 1.165) is 23.1 Å². The van der Waals surface area contributed by atoms with Gasteiger partial charge in [0, 0.05) is 29.5 Å². The summed E-state index contributed by atoms with van der Waals surface area (Å²) < 4.78 is 7.22. The number of aryl methyl sites for hydroxylation is 1. The minimum absolute atomic E-state index is 0.144. The van der Waals surface area contributed by atoms with Crippen LogP contribution < -0.4 is 10.3 Å². The summed E-state index contributed by atoms with van der Waals surface area (Å²) >= 11 is 9.23. The molecule has 0 bridgehead atoms. The van der Waals surface area contributed by atoms with Crippen LogP contribution in [-0.4, -0.2) is 14.9 Å². The van der Waals surface area contributed by atoms with Gasteiger partial charge in [0.05, 0.1) is 10.7 Å². The number of aromatic nitrogens is 2. The molecule has 6 heteroatoms. The average molecular weight is 420 g/mol. The summed E-state index contributed by atoms with van der Waals surface area (Å²) in [6.45, 7) is 0.280. The quantitative estimate of drug-likeness (QED) is 0.556. The van der Waals surface area contributed by atoms with E-state index in [9.17, 15) is 4.79 Å². The lowest BCUT2D eigenvalue weighted by Gasteiger charge is -2.09. The fourth-order valence-electron chi connectivity index (χ4n) is 2.35. The van der Waals surface area contributed by atoms with Crippen LogP contribution in [0.15, 0.2) is 65.7 Å². The van der Waals surface area contributed by atoms with Crippen LogP contribution in [0.25, 0.3) is 5.69 Å². The highest BCUT2D eigenvalue weighted by atomic mass is 79.9. The van der Waals surface area contributed by atoms with Gasteiger partial charge < -0.3 is 4.74 Å².